The zero-order chi connectivity index (χ0) is 18.8. The molecule has 1 aliphatic rings. The van der Waals surface area contributed by atoms with E-state index < -0.39 is 0 Å². The molecule has 2 aromatic carbocycles. The third kappa shape index (κ3) is 4.11. The molecule has 1 aromatic heterocycles. The second kappa shape index (κ2) is 7.40. The van der Waals surface area contributed by atoms with Gasteiger partial charge < -0.3 is 15.2 Å². The van der Waals surface area contributed by atoms with E-state index in [0.29, 0.717) is 29.6 Å². The Bertz CT molecular complexity index is 968. The number of anilines is 2. The van der Waals surface area contributed by atoms with Crippen LogP contribution in [0.5, 0.6) is 0 Å². The quantitative estimate of drug-likeness (QED) is 0.684. The molecule has 0 saturated heterocycles. The zero-order valence-electron chi connectivity index (χ0n) is 14.8. The Kier molecular flexibility index (Phi) is 4.81. The number of fused-ring (bicyclic) bond motifs is 1. The number of nitrogens with zero attached hydrogens (tertiary/aromatic N) is 2. The van der Waals surface area contributed by atoms with Gasteiger partial charge in [0.15, 0.2) is 5.82 Å². The summed E-state index contributed by atoms with van der Waals surface area (Å²) in [6.45, 7) is 1.97. The van der Waals surface area contributed by atoms with Crippen molar-refractivity contribution in [1.82, 2.24) is 10.1 Å². The molecule has 0 bridgehead atoms. The van der Waals surface area contributed by atoms with E-state index in [2.05, 4.69) is 26.8 Å². The van der Waals surface area contributed by atoms with Gasteiger partial charge in [0.1, 0.15) is 6.04 Å². The fourth-order valence-corrected chi connectivity index (χ4v) is 3.21. The largest absolute Gasteiger partial charge is 0.374 e. The number of rotatable bonds is 5. The molecule has 4 rings (SSSR count). The summed E-state index contributed by atoms with van der Waals surface area (Å²) in [6.07, 6.45) is 1.85. The fraction of sp³-hybridized carbons (Fsp3) is 0.250. The Morgan fingerprint density at radius 2 is 2.04 bits per heavy atom. The number of halogens is 1. The predicted octanol–water partition coefficient (Wildman–Crippen LogP) is 4.37. The fourth-order valence-electron chi connectivity index (χ4n) is 3.08. The first-order chi connectivity index (χ1) is 13.1. The van der Waals surface area contributed by atoms with E-state index in [9.17, 15) is 4.79 Å². The minimum atomic E-state index is -0.132. The number of aromatic nitrogens is 2. The highest BCUT2D eigenvalue weighted by Crippen LogP contribution is 2.27. The van der Waals surface area contributed by atoms with Crippen LogP contribution in [0.2, 0.25) is 5.02 Å². The number of hydrogen-bond donors (Lipinski definition) is 2. The molecule has 0 aliphatic carbocycles. The monoisotopic (exact) mass is 382 g/mol. The van der Waals surface area contributed by atoms with Crippen LogP contribution in [-0.4, -0.2) is 16.0 Å². The summed E-state index contributed by atoms with van der Waals surface area (Å²) in [4.78, 5) is 16.0. The summed E-state index contributed by atoms with van der Waals surface area (Å²) >= 11 is 5.91. The predicted molar refractivity (Wildman–Crippen MR) is 104 cm³/mol. The molecule has 6 nitrogen and oxygen atoms in total. The maximum absolute atomic E-state index is 11.5. The molecule has 1 atom stereocenters. The zero-order valence-corrected chi connectivity index (χ0v) is 15.6. The van der Waals surface area contributed by atoms with Gasteiger partial charge in [0.05, 0.1) is 0 Å². The van der Waals surface area contributed by atoms with Gasteiger partial charge in [-0.25, -0.2) is 0 Å². The Balaban J connectivity index is 1.43. The molecular formula is C20H19ClN4O2. The standard InChI is InChI=1S/C20H19ClN4O2/c1-12(22-16-7-8-17-14(11-16)4-9-19(26)23-17)20-24-18(25-27-20)10-13-2-5-15(21)6-3-13/h2-3,5-8,11-12,22H,4,9-10H2,1H3,(H,23,26). The summed E-state index contributed by atoms with van der Waals surface area (Å²) in [7, 11) is 0. The molecular weight excluding hydrogens is 364 g/mol. The van der Waals surface area contributed by atoms with E-state index in [1.54, 1.807) is 0 Å². The van der Waals surface area contributed by atoms with Gasteiger partial charge in [-0.2, -0.15) is 4.98 Å². The molecule has 7 heteroatoms. The van der Waals surface area contributed by atoms with Gasteiger partial charge in [-0.15, -0.1) is 0 Å². The SMILES string of the molecule is CC(Nc1ccc2c(c1)CCC(=O)N2)c1nc(Cc2ccc(Cl)cc2)no1. The number of amides is 1. The van der Waals surface area contributed by atoms with Gasteiger partial charge in [0.2, 0.25) is 11.8 Å². The Hall–Kier alpha value is -2.86. The van der Waals surface area contributed by atoms with Crippen LogP contribution in [0.1, 0.15) is 42.2 Å². The van der Waals surface area contributed by atoms with Crippen molar-refractivity contribution in [1.29, 1.82) is 0 Å². The molecule has 1 amide bonds. The van der Waals surface area contributed by atoms with Gasteiger partial charge >= 0.3 is 0 Å². The molecule has 27 heavy (non-hydrogen) atoms. The summed E-state index contributed by atoms with van der Waals surface area (Å²) in [6, 6.07) is 13.4. The Morgan fingerprint density at radius 3 is 2.85 bits per heavy atom. The third-order valence-electron chi connectivity index (χ3n) is 4.51. The van der Waals surface area contributed by atoms with Crippen LogP contribution in [0.15, 0.2) is 47.0 Å². The van der Waals surface area contributed by atoms with E-state index in [1.807, 2.05) is 43.3 Å². The van der Waals surface area contributed by atoms with Gasteiger partial charge in [-0.1, -0.05) is 28.9 Å². The van der Waals surface area contributed by atoms with Crippen molar-refractivity contribution >= 4 is 28.9 Å². The second-order valence-electron chi connectivity index (χ2n) is 6.64. The lowest BCUT2D eigenvalue weighted by Crippen LogP contribution is -2.19. The van der Waals surface area contributed by atoms with Crippen LogP contribution in [0, 0.1) is 0 Å². The summed E-state index contributed by atoms with van der Waals surface area (Å²) in [5, 5.41) is 11.0. The molecule has 0 spiro atoms. The molecule has 0 fully saturated rings. The maximum Gasteiger partial charge on any atom is 0.248 e. The van der Waals surface area contributed by atoms with Crippen LogP contribution >= 0.6 is 11.6 Å². The summed E-state index contributed by atoms with van der Waals surface area (Å²) < 4.78 is 5.41. The van der Waals surface area contributed by atoms with Crippen LogP contribution < -0.4 is 10.6 Å². The first kappa shape index (κ1) is 17.5. The number of carbonyl (C=O) groups is 1. The molecule has 138 valence electrons. The smallest absolute Gasteiger partial charge is 0.248 e. The minimum Gasteiger partial charge on any atom is -0.374 e. The van der Waals surface area contributed by atoms with Crippen molar-refractivity contribution < 1.29 is 9.32 Å². The summed E-state index contributed by atoms with van der Waals surface area (Å²) in [5.74, 6) is 1.23. The lowest BCUT2D eigenvalue weighted by atomic mass is 10.0. The molecule has 1 aliphatic heterocycles. The highest BCUT2D eigenvalue weighted by atomic mass is 35.5. The van der Waals surface area contributed by atoms with E-state index in [4.69, 9.17) is 16.1 Å². The van der Waals surface area contributed by atoms with E-state index in [0.717, 1.165) is 28.9 Å². The highest BCUT2D eigenvalue weighted by molar-refractivity contribution is 6.30. The molecule has 0 saturated carbocycles. The Labute approximate surface area is 161 Å². The van der Waals surface area contributed by atoms with Crippen molar-refractivity contribution in [3.8, 4) is 0 Å². The van der Waals surface area contributed by atoms with Crippen LogP contribution in [-0.2, 0) is 17.6 Å². The topological polar surface area (TPSA) is 80.0 Å². The van der Waals surface area contributed by atoms with Crippen LogP contribution in [0.3, 0.4) is 0 Å². The van der Waals surface area contributed by atoms with Crippen molar-refractivity contribution in [3.63, 3.8) is 0 Å². The number of hydrogen-bond acceptors (Lipinski definition) is 5. The number of benzene rings is 2. The maximum atomic E-state index is 11.5. The lowest BCUT2D eigenvalue weighted by Gasteiger charge is -2.19. The van der Waals surface area contributed by atoms with Crippen LogP contribution in [0.25, 0.3) is 0 Å². The van der Waals surface area contributed by atoms with E-state index >= 15 is 0 Å². The summed E-state index contributed by atoms with van der Waals surface area (Å²) in [5.41, 5.74) is 4.03. The second-order valence-corrected chi connectivity index (χ2v) is 7.07. The van der Waals surface area contributed by atoms with E-state index in [-0.39, 0.29) is 11.9 Å². The first-order valence-electron chi connectivity index (χ1n) is 8.83. The van der Waals surface area contributed by atoms with Gasteiger partial charge in [-0.3, -0.25) is 4.79 Å². The average molecular weight is 383 g/mol. The number of carbonyl (C=O) groups excluding carboxylic acids is 1. The van der Waals surface area contributed by atoms with Gasteiger partial charge in [0.25, 0.3) is 0 Å². The molecule has 3 aromatic rings. The van der Waals surface area contributed by atoms with E-state index in [1.165, 1.54) is 0 Å². The average Bonchev–Trinajstić information content (AvgIpc) is 3.12. The van der Waals surface area contributed by atoms with Crippen molar-refractivity contribution in [2.75, 3.05) is 10.6 Å². The van der Waals surface area contributed by atoms with Gasteiger partial charge in [-0.05, 0) is 54.8 Å². The molecule has 1 unspecified atom stereocenters. The minimum absolute atomic E-state index is 0.0654. The molecule has 0 radical (unpaired) electrons. The lowest BCUT2D eigenvalue weighted by molar-refractivity contribution is -0.116. The third-order valence-corrected chi connectivity index (χ3v) is 4.77. The highest BCUT2D eigenvalue weighted by Gasteiger charge is 2.17. The number of aryl methyl sites for hydroxylation is 1. The molecule has 2 heterocycles. The van der Waals surface area contributed by atoms with Crippen molar-refractivity contribution in [3.05, 3.63) is 70.3 Å². The van der Waals surface area contributed by atoms with Crippen molar-refractivity contribution in [2.45, 2.75) is 32.2 Å². The Morgan fingerprint density at radius 1 is 1.22 bits per heavy atom. The van der Waals surface area contributed by atoms with Crippen molar-refractivity contribution in [2.24, 2.45) is 0 Å². The van der Waals surface area contributed by atoms with Crippen LogP contribution in [0.4, 0.5) is 11.4 Å². The first-order valence-corrected chi connectivity index (χ1v) is 9.21. The number of nitrogens with one attached hydrogen (secondary N) is 2. The van der Waals surface area contributed by atoms with Gasteiger partial charge in [0, 0.05) is 29.2 Å². The molecule has 2 N–H and O–H groups in total. The normalized spacial score (nSPS) is 14.4.